The smallest absolute Gasteiger partial charge is 0.186 e. The molecule has 0 unspecified atom stereocenters. The first-order valence-electron chi connectivity index (χ1n) is 4.87. The van der Waals surface area contributed by atoms with Crippen molar-refractivity contribution in [2.45, 2.75) is 13.8 Å². The van der Waals surface area contributed by atoms with E-state index < -0.39 is 0 Å². The van der Waals surface area contributed by atoms with Crippen molar-refractivity contribution >= 4 is 28.6 Å². The second kappa shape index (κ2) is 5.70. The molecule has 0 amide bonds. The third-order valence-corrected chi connectivity index (χ3v) is 2.90. The number of nitrogen functional groups attached to an aromatic ring is 1. The molecule has 16 heavy (non-hydrogen) atoms. The molecule has 0 atom stereocenters. The standard InChI is InChI=1S/C12H14FNOS/c1-8-11(14)6-5-10(12(8)13)4-3-7-16-9(2)15/h3-6H,7,14H2,1-2H3. The fourth-order valence-corrected chi connectivity index (χ4v) is 1.62. The molecule has 0 spiro atoms. The molecule has 0 bridgehead atoms. The SMILES string of the molecule is CC(=O)SCC=Cc1ccc(N)c(C)c1F. The van der Waals surface area contributed by atoms with Crippen LogP contribution in [0.3, 0.4) is 0 Å². The highest BCUT2D eigenvalue weighted by molar-refractivity contribution is 8.13. The number of thioether (sulfide) groups is 1. The highest BCUT2D eigenvalue weighted by Crippen LogP contribution is 2.19. The monoisotopic (exact) mass is 239 g/mol. The lowest BCUT2D eigenvalue weighted by atomic mass is 10.1. The first kappa shape index (κ1) is 12.8. The molecule has 1 aromatic rings. The molecule has 1 aromatic carbocycles. The van der Waals surface area contributed by atoms with Gasteiger partial charge in [-0.3, -0.25) is 4.79 Å². The number of carbonyl (C=O) groups excluding carboxylic acids is 1. The van der Waals surface area contributed by atoms with Crippen LogP contribution in [0.25, 0.3) is 6.08 Å². The summed E-state index contributed by atoms with van der Waals surface area (Å²) in [5.41, 5.74) is 6.98. The van der Waals surface area contributed by atoms with Gasteiger partial charge in [-0.1, -0.05) is 23.9 Å². The van der Waals surface area contributed by atoms with E-state index in [1.54, 1.807) is 31.2 Å². The van der Waals surface area contributed by atoms with Gasteiger partial charge in [-0.15, -0.1) is 0 Å². The third-order valence-electron chi connectivity index (χ3n) is 2.14. The van der Waals surface area contributed by atoms with E-state index in [2.05, 4.69) is 0 Å². The fraction of sp³-hybridized carbons (Fsp3) is 0.250. The molecule has 0 aliphatic carbocycles. The first-order valence-corrected chi connectivity index (χ1v) is 5.85. The van der Waals surface area contributed by atoms with Gasteiger partial charge in [0.2, 0.25) is 0 Å². The minimum atomic E-state index is -0.302. The van der Waals surface area contributed by atoms with Crippen molar-refractivity contribution in [1.29, 1.82) is 0 Å². The summed E-state index contributed by atoms with van der Waals surface area (Å²) in [6.45, 7) is 3.15. The Hall–Kier alpha value is -1.29. The van der Waals surface area contributed by atoms with Crippen LogP contribution in [0.15, 0.2) is 18.2 Å². The number of carbonyl (C=O) groups is 1. The second-order valence-corrected chi connectivity index (χ2v) is 4.58. The summed E-state index contributed by atoms with van der Waals surface area (Å²) in [5.74, 6) is 0.252. The maximum atomic E-state index is 13.6. The Bertz CT molecular complexity index is 429. The molecule has 2 nitrogen and oxygen atoms in total. The summed E-state index contributed by atoms with van der Waals surface area (Å²) in [5, 5.41) is 0.0543. The van der Waals surface area contributed by atoms with E-state index in [1.807, 2.05) is 0 Å². The minimum Gasteiger partial charge on any atom is -0.398 e. The molecule has 4 heteroatoms. The summed E-state index contributed by atoms with van der Waals surface area (Å²) >= 11 is 1.19. The lowest BCUT2D eigenvalue weighted by Gasteiger charge is -2.04. The van der Waals surface area contributed by atoms with E-state index in [1.165, 1.54) is 18.7 Å². The Kier molecular flexibility index (Phi) is 4.55. The van der Waals surface area contributed by atoms with E-state index in [0.29, 0.717) is 22.6 Å². The zero-order valence-electron chi connectivity index (χ0n) is 9.29. The van der Waals surface area contributed by atoms with E-state index in [-0.39, 0.29) is 10.9 Å². The predicted octanol–water partition coefficient (Wildman–Crippen LogP) is 3.01. The zero-order valence-corrected chi connectivity index (χ0v) is 10.1. The van der Waals surface area contributed by atoms with Crippen LogP contribution in [-0.2, 0) is 4.79 Å². The average Bonchev–Trinajstić information content (AvgIpc) is 2.23. The number of anilines is 1. The molecule has 0 saturated carbocycles. The van der Waals surface area contributed by atoms with Crippen LogP contribution in [-0.4, -0.2) is 10.9 Å². The second-order valence-electron chi connectivity index (χ2n) is 3.39. The first-order chi connectivity index (χ1) is 7.52. The molecule has 0 aliphatic rings. The van der Waals surface area contributed by atoms with Crippen molar-refractivity contribution < 1.29 is 9.18 Å². The molecule has 0 heterocycles. The van der Waals surface area contributed by atoms with Crippen molar-refractivity contribution in [2.75, 3.05) is 11.5 Å². The molecule has 0 saturated heterocycles. The lowest BCUT2D eigenvalue weighted by molar-refractivity contribution is -0.109. The largest absolute Gasteiger partial charge is 0.398 e. The molecule has 0 radical (unpaired) electrons. The number of hydrogen-bond donors (Lipinski definition) is 1. The number of nitrogens with two attached hydrogens (primary N) is 1. The highest BCUT2D eigenvalue weighted by Gasteiger charge is 2.04. The Morgan fingerprint density at radius 3 is 2.88 bits per heavy atom. The average molecular weight is 239 g/mol. The van der Waals surface area contributed by atoms with Crippen molar-refractivity contribution in [2.24, 2.45) is 0 Å². The van der Waals surface area contributed by atoms with Crippen molar-refractivity contribution in [1.82, 2.24) is 0 Å². The van der Waals surface area contributed by atoms with Crippen LogP contribution < -0.4 is 5.73 Å². The van der Waals surface area contributed by atoms with Crippen molar-refractivity contribution in [3.63, 3.8) is 0 Å². The van der Waals surface area contributed by atoms with Crippen LogP contribution in [0.4, 0.5) is 10.1 Å². The lowest BCUT2D eigenvalue weighted by Crippen LogP contribution is -1.95. The molecule has 0 aliphatic heterocycles. The summed E-state index contributed by atoms with van der Waals surface area (Å²) in [6.07, 6.45) is 3.43. The Balaban J connectivity index is 2.74. The summed E-state index contributed by atoms with van der Waals surface area (Å²) in [4.78, 5) is 10.7. The quantitative estimate of drug-likeness (QED) is 0.824. The van der Waals surface area contributed by atoms with Gasteiger partial charge in [0.1, 0.15) is 5.82 Å². The van der Waals surface area contributed by atoms with Crippen LogP contribution in [0, 0.1) is 12.7 Å². The zero-order chi connectivity index (χ0) is 12.1. The van der Waals surface area contributed by atoms with Gasteiger partial charge in [-0.05, 0) is 19.1 Å². The molecule has 1 rings (SSSR count). The molecule has 0 aromatic heterocycles. The predicted molar refractivity (Wildman–Crippen MR) is 67.7 cm³/mol. The van der Waals surface area contributed by atoms with Gasteiger partial charge in [0.25, 0.3) is 0 Å². The van der Waals surface area contributed by atoms with E-state index in [0.717, 1.165) is 0 Å². The molecule has 0 fully saturated rings. The summed E-state index contributed by atoms with van der Waals surface area (Å²) < 4.78 is 13.6. The topological polar surface area (TPSA) is 43.1 Å². The van der Waals surface area contributed by atoms with Gasteiger partial charge in [-0.2, -0.15) is 0 Å². The van der Waals surface area contributed by atoms with Gasteiger partial charge in [0.15, 0.2) is 5.12 Å². The fourth-order valence-electron chi connectivity index (χ4n) is 1.19. The van der Waals surface area contributed by atoms with Gasteiger partial charge < -0.3 is 5.73 Å². The van der Waals surface area contributed by atoms with Crippen LogP contribution >= 0.6 is 11.8 Å². The van der Waals surface area contributed by atoms with Gasteiger partial charge in [-0.25, -0.2) is 4.39 Å². The Morgan fingerprint density at radius 2 is 2.25 bits per heavy atom. The number of hydrogen-bond acceptors (Lipinski definition) is 3. The van der Waals surface area contributed by atoms with Crippen LogP contribution in [0.2, 0.25) is 0 Å². The number of benzene rings is 1. The molecular weight excluding hydrogens is 225 g/mol. The van der Waals surface area contributed by atoms with Gasteiger partial charge >= 0.3 is 0 Å². The van der Waals surface area contributed by atoms with E-state index in [4.69, 9.17) is 5.73 Å². The maximum Gasteiger partial charge on any atom is 0.186 e. The molecular formula is C12H14FNOS. The van der Waals surface area contributed by atoms with Crippen molar-refractivity contribution in [3.8, 4) is 0 Å². The van der Waals surface area contributed by atoms with Gasteiger partial charge in [0, 0.05) is 29.5 Å². The van der Waals surface area contributed by atoms with E-state index in [9.17, 15) is 9.18 Å². The number of halogens is 1. The molecule has 86 valence electrons. The van der Waals surface area contributed by atoms with E-state index >= 15 is 0 Å². The third kappa shape index (κ3) is 3.38. The Morgan fingerprint density at radius 1 is 1.56 bits per heavy atom. The van der Waals surface area contributed by atoms with Crippen LogP contribution in [0.5, 0.6) is 0 Å². The molecule has 2 N–H and O–H groups in total. The highest BCUT2D eigenvalue weighted by atomic mass is 32.2. The van der Waals surface area contributed by atoms with Gasteiger partial charge in [0.05, 0.1) is 0 Å². The maximum absolute atomic E-state index is 13.6. The summed E-state index contributed by atoms with van der Waals surface area (Å²) in [7, 11) is 0. The normalized spacial score (nSPS) is 10.9. The number of rotatable bonds is 3. The Labute approximate surface area is 98.7 Å². The minimum absolute atomic E-state index is 0.0543. The van der Waals surface area contributed by atoms with Crippen molar-refractivity contribution in [3.05, 3.63) is 35.2 Å². The summed E-state index contributed by atoms with van der Waals surface area (Å²) in [6, 6.07) is 3.31. The van der Waals surface area contributed by atoms with Crippen LogP contribution in [0.1, 0.15) is 18.1 Å².